The number of hydrazine groups is 1. The molecule has 0 saturated heterocycles. The number of benzene rings is 2. The van der Waals surface area contributed by atoms with E-state index in [1.807, 2.05) is 25.1 Å². The van der Waals surface area contributed by atoms with Gasteiger partial charge in [0.05, 0.1) is 6.04 Å². The van der Waals surface area contributed by atoms with Crippen LogP contribution in [-0.4, -0.2) is 0 Å². The van der Waals surface area contributed by atoms with Crippen LogP contribution in [0.3, 0.4) is 0 Å². The Labute approximate surface area is 131 Å². The van der Waals surface area contributed by atoms with Crippen LogP contribution in [0.1, 0.15) is 22.7 Å². The molecule has 0 aliphatic heterocycles. The second kappa shape index (κ2) is 6.68. The third kappa shape index (κ3) is 3.58. The molecule has 0 bridgehead atoms. The van der Waals surface area contributed by atoms with Crippen molar-refractivity contribution in [3.05, 3.63) is 68.4 Å². The predicted octanol–water partition coefficient (Wildman–Crippen LogP) is 4.30. The Morgan fingerprint density at radius 3 is 2.65 bits per heavy atom. The first-order valence-electron chi connectivity index (χ1n) is 6.17. The molecule has 3 N–H and O–H groups in total. The van der Waals surface area contributed by atoms with E-state index in [4.69, 9.17) is 17.4 Å². The number of hydrogen-bond acceptors (Lipinski definition) is 2. The summed E-state index contributed by atoms with van der Waals surface area (Å²) in [6.45, 7) is 1.87. The Kier molecular flexibility index (Phi) is 5.16. The number of nitrogens with two attached hydrogens (primary N) is 1. The van der Waals surface area contributed by atoms with Crippen molar-refractivity contribution in [1.29, 1.82) is 0 Å². The standard InChI is InChI=1S/C15H15BrClFN2/c1-9-6-12(18)4-5-13(9)15(20-19)7-10-2-3-11(16)8-14(10)17/h2-6,8,15,20H,7,19H2,1H3. The number of nitrogens with one attached hydrogen (secondary N) is 1. The highest BCUT2D eigenvalue weighted by molar-refractivity contribution is 9.10. The quantitative estimate of drug-likeness (QED) is 0.632. The fourth-order valence-electron chi connectivity index (χ4n) is 2.20. The molecule has 2 aromatic rings. The summed E-state index contributed by atoms with van der Waals surface area (Å²) in [7, 11) is 0. The normalized spacial score (nSPS) is 12.4. The molecule has 0 aromatic heterocycles. The fourth-order valence-corrected chi connectivity index (χ4v) is 2.95. The van der Waals surface area contributed by atoms with Crippen LogP contribution >= 0.6 is 27.5 Å². The Morgan fingerprint density at radius 2 is 2.05 bits per heavy atom. The number of rotatable bonds is 4. The molecule has 20 heavy (non-hydrogen) atoms. The molecule has 0 radical (unpaired) electrons. The zero-order valence-corrected chi connectivity index (χ0v) is 13.3. The Bertz CT molecular complexity index is 619. The summed E-state index contributed by atoms with van der Waals surface area (Å²) in [5.41, 5.74) is 5.59. The van der Waals surface area contributed by atoms with Gasteiger partial charge in [0, 0.05) is 9.50 Å². The molecule has 2 rings (SSSR count). The zero-order valence-electron chi connectivity index (χ0n) is 11.0. The van der Waals surface area contributed by atoms with Crippen molar-refractivity contribution in [2.75, 3.05) is 0 Å². The summed E-state index contributed by atoms with van der Waals surface area (Å²) in [6, 6.07) is 10.3. The predicted molar refractivity (Wildman–Crippen MR) is 84.1 cm³/mol. The monoisotopic (exact) mass is 356 g/mol. The van der Waals surface area contributed by atoms with Crippen molar-refractivity contribution in [3.8, 4) is 0 Å². The van der Waals surface area contributed by atoms with Gasteiger partial charge in [0.15, 0.2) is 0 Å². The van der Waals surface area contributed by atoms with Gasteiger partial charge in [-0.3, -0.25) is 11.3 Å². The average Bonchev–Trinajstić information content (AvgIpc) is 2.39. The highest BCUT2D eigenvalue weighted by Gasteiger charge is 2.15. The topological polar surface area (TPSA) is 38.0 Å². The smallest absolute Gasteiger partial charge is 0.123 e. The van der Waals surface area contributed by atoms with Gasteiger partial charge < -0.3 is 0 Å². The highest BCUT2D eigenvalue weighted by Crippen LogP contribution is 2.27. The van der Waals surface area contributed by atoms with Crippen LogP contribution in [0, 0.1) is 12.7 Å². The van der Waals surface area contributed by atoms with Crippen molar-refractivity contribution >= 4 is 27.5 Å². The number of aryl methyl sites for hydroxylation is 1. The maximum absolute atomic E-state index is 13.2. The summed E-state index contributed by atoms with van der Waals surface area (Å²) in [5.74, 6) is 5.40. The van der Waals surface area contributed by atoms with Crippen LogP contribution in [0.5, 0.6) is 0 Å². The van der Waals surface area contributed by atoms with Crippen molar-refractivity contribution in [2.24, 2.45) is 5.84 Å². The van der Waals surface area contributed by atoms with Crippen molar-refractivity contribution in [1.82, 2.24) is 5.43 Å². The molecule has 2 aromatic carbocycles. The summed E-state index contributed by atoms with van der Waals surface area (Å²) in [4.78, 5) is 0. The van der Waals surface area contributed by atoms with Crippen LogP contribution in [0.15, 0.2) is 40.9 Å². The summed E-state index contributed by atoms with van der Waals surface area (Å²) < 4.78 is 14.1. The van der Waals surface area contributed by atoms with E-state index in [0.29, 0.717) is 11.4 Å². The summed E-state index contributed by atoms with van der Waals surface area (Å²) in [5, 5.41) is 0.680. The lowest BCUT2D eigenvalue weighted by Crippen LogP contribution is -2.30. The molecule has 0 amide bonds. The Hall–Kier alpha value is -0.940. The van der Waals surface area contributed by atoms with E-state index in [1.165, 1.54) is 12.1 Å². The van der Waals surface area contributed by atoms with E-state index in [-0.39, 0.29) is 11.9 Å². The molecule has 5 heteroatoms. The molecule has 2 nitrogen and oxygen atoms in total. The van der Waals surface area contributed by atoms with Gasteiger partial charge in [-0.05, 0) is 54.3 Å². The number of hydrogen-bond donors (Lipinski definition) is 2. The minimum atomic E-state index is -0.247. The largest absolute Gasteiger partial charge is 0.271 e. The molecule has 0 spiro atoms. The van der Waals surface area contributed by atoms with Gasteiger partial charge in [-0.15, -0.1) is 0 Å². The lowest BCUT2D eigenvalue weighted by molar-refractivity contribution is 0.546. The third-order valence-electron chi connectivity index (χ3n) is 3.25. The van der Waals surface area contributed by atoms with Crippen LogP contribution in [0.4, 0.5) is 4.39 Å². The minimum Gasteiger partial charge on any atom is -0.271 e. The van der Waals surface area contributed by atoms with Crippen LogP contribution in [0.2, 0.25) is 5.02 Å². The molecular weight excluding hydrogens is 343 g/mol. The van der Waals surface area contributed by atoms with E-state index in [0.717, 1.165) is 21.2 Å². The van der Waals surface area contributed by atoms with Gasteiger partial charge in [-0.2, -0.15) is 0 Å². The van der Waals surface area contributed by atoms with Gasteiger partial charge in [0.2, 0.25) is 0 Å². The molecule has 106 valence electrons. The SMILES string of the molecule is Cc1cc(F)ccc1C(Cc1ccc(Br)cc1Cl)NN. The van der Waals surface area contributed by atoms with E-state index in [1.54, 1.807) is 6.07 Å². The van der Waals surface area contributed by atoms with Crippen LogP contribution < -0.4 is 11.3 Å². The third-order valence-corrected chi connectivity index (χ3v) is 4.09. The van der Waals surface area contributed by atoms with Crippen LogP contribution in [0.25, 0.3) is 0 Å². The first-order valence-corrected chi connectivity index (χ1v) is 7.34. The minimum absolute atomic E-state index is 0.116. The molecule has 0 saturated carbocycles. The van der Waals surface area contributed by atoms with E-state index >= 15 is 0 Å². The van der Waals surface area contributed by atoms with Crippen LogP contribution in [-0.2, 0) is 6.42 Å². The van der Waals surface area contributed by atoms with Crippen molar-refractivity contribution < 1.29 is 4.39 Å². The van der Waals surface area contributed by atoms with Gasteiger partial charge >= 0.3 is 0 Å². The average molecular weight is 358 g/mol. The molecule has 0 aliphatic rings. The molecule has 1 unspecified atom stereocenters. The lowest BCUT2D eigenvalue weighted by atomic mass is 9.96. The van der Waals surface area contributed by atoms with Gasteiger partial charge in [-0.1, -0.05) is 39.7 Å². The Balaban J connectivity index is 2.28. The first kappa shape index (κ1) is 15.4. The zero-order chi connectivity index (χ0) is 14.7. The van der Waals surface area contributed by atoms with Gasteiger partial charge in [0.25, 0.3) is 0 Å². The number of halogens is 3. The fraction of sp³-hybridized carbons (Fsp3) is 0.200. The highest BCUT2D eigenvalue weighted by atomic mass is 79.9. The molecule has 1 atom stereocenters. The second-order valence-electron chi connectivity index (χ2n) is 4.66. The Morgan fingerprint density at radius 1 is 1.30 bits per heavy atom. The van der Waals surface area contributed by atoms with E-state index in [2.05, 4.69) is 21.4 Å². The molecular formula is C15H15BrClFN2. The molecule has 0 fully saturated rings. The van der Waals surface area contributed by atoms with Gasteiger partial charge in [-0.25, -0.2) is 4.39 Å². The summed E-state index contributed by atoms with van der Waals surface area (Å²) in [6.07, 6.45) is 0.634. The maximum Gasteiger partial charge on any atom is 0.123 e. The van der Waals surface area contributed by atoms with E-state index in [9.17, 15) is 4.39 Å². The first-order chi connectivity index (χ1) is 9.51. The molecule has 0 heterocycles. The van der Waals surface area contributed by atoms with E-state index < -0.39 is 0 Å². The summed E-state index contributed by atoms with van der Waals surface area (Å²) >= 11 is 9.60. The maximum atomic E-state index is 13.2. The lowest BCUT2D eigenvalue weighted by Gasteiger charge is -2.19. The molecule has 0 aliphatic carbocycles. The van der Waals surface area contributed by atoms with Crippen molar-refractivity contribution in [3.63, 3.8) is 0 Å². The van der Waals surface area contributed by atoms with Crippen molar-refractivity contribution in [2.45, 2.75) is 19.4 Å². The second-order valence-corrected chi connectivity index (χ2v) is 5.98. The van der Waals surface area contributed by atoms with Gasteiger partial charge in [0.1, 0.15) is 5.82 Å².